The average molecular weight is 353 g/mol. The van der Waals surface area contributed by atoms with E-state index >= 15 is 0 Å². The molecule has 0 amide bonds. The van der Waals surface area contributed by atoms with Gasteiger partial charge in [0.25, 0.3) is 0 Å². The lowest BCUT2D eigenvalue weighted by molar-refractivity contribution is 0.289. The molecule has 1 heterocycles. The maximum absolute atomic E-state index is 5.87. The Morgan fingerprint density at radius 2 is 1.68 bits per heavy atom. The first-order valence-electron chi connectivity index (χ1n) is 8.45. The number of hydrogen-bond donors (Lipinski definition) is 1. The monoisotopic (exact) mass is 353 g/mol. The van der Waals surface area contributed by atoms with E-state index < -0.39 is 0 Å². The van der Waals surface area contributed by atoms with Crippen LogP contribution >= 0.6 is 12.2 Å². The molecule has 0 atom stereocenters. The molecule has 5 heteroatoms. The molecule has 0 radical (unpaired) electrons. The molecule has 130 valence electrons. The van der Waals surface area contributed by atoms with E-state index in [1.807, 2.05) is 29.7 Å². The van der Waals surface area contributed by atoms with Crippen LogP contribution in [0.15, 0.2) is 54.6 Å². The van der Waals surface area contributed by atoms with Gasteiger partial charge in [-0.15, -0.1) is 0 Å². The number of benzene rings is 2. The zero-order valence-electron chi connectivity index (χ0n) is 14.8. The van der Waals surface area contributed by atoms with Crippen LogP contribution in [0.4, 0.5) is 0 Å². The third kappa shape index (κ3) is 3.66. The summed E-state index contributed by atoms with van der Waals surface area (Å²) in [7, 11) is 0. The molecule has 2 aromatic carbocycles. The fourth-order valence-electron chi connectivity index (χ4n) is 2.92. The van der Waals surface area contributed by atoms with Crippen molar-refractivity contribution in [1.82, 2.24) is 14.8 Å². The van der Waals surface area contributed by atoms with Crippen molar-refractivity contribution in [3.8, 4) is 5.75 Å². The number of rotatable bonds is 6. The van der Waals surface area contributed by atoms with Crippen molar-refractivity contribution >= 4 is 12.2 Å². The molecule has 3 rings (SSSR count). The van der Waals surface area contributed by atoms with Gasteiger partial charge in [0.2, 0.25) is 0 Å². The number of aromatic nitrogens is 3. The molecule has 1 aromatic heterocycles. The lowest BCUT2D eigenvalue weighted by Gasteiger charge is -2.26. The Bertz CT molecular complexity index is 879. The van der Waals surface area contributed by atoms with E-state index in [9.17, 15) is 0 Å². The van der Waals surface area contributed by atoms with E-state index in [-0.39, 0.29) is 5.41 Å². The molecule has 0 spiro atoms. The highest BCUT2D eigenvalue weighted by molar-refractivity contribution is 7.71. The van der Waals surface area contributed by atoms with Gasteiger partial charge in [0.1, 0.15) is 12.4 Å². The van der Waals surface area contributed by atoms with Gasteiger partial charge < -0.3 is 9.30 Å². The van der Waals surface area contributed by atoms with Crippen molar-refractivity contribution in [3.05, 3.63) is 76.3 Å². The molecular weight excluding hydrogens is 330 g/mol. The Labute approximate surface area is 153 Å². The van der Waals surface area contributed by atoms with Gasteiger partial charge in [-0.05, 0) is 42.4 Å². The third-order valence-electron chi connectivity index (χ3n) is 4.59. The molecule has 1 N–H and O–H groups in total. The Kier molecular flexibility index (Phi) is 5.04. The van der Waals surface area contributed by atoms with Crippen LogP contribution in [0, 0.1) is 4.77 Å². The Morgan fingerprint density at radius 3 is 2.32 bits per heavy atom. The Balaban J connectivity index is 1.73. The first-order chi connectivity index (χ1) is 12.0. The second-order valence-corrected chi connectivity index (χ2v) is 6.88. The highest BCUT2D eigenvalue weighted by Gasteiger charge is 2.22. The normalized spacial score (nSPS) is 11.5. The summed E-state index contributed by atoms with van der Waals surface area (Å²) in [5.41, 5.74) is 2.49. The second kappa shape index (κ2) is 7.23. The molecule has 0 fully saturated rings. The van der Waals surface area contributed by atoms with E-state index in [0.29, 0.717) is 11.4 Å². The number of aromatic amines is 1. The van der Waals surface area contributed by atoms with E-state index in [2.05, 4.69) is 60.4 Å². The summed E-state index contributed by atoms with van der Waals surface area (Å²) in [6.07, 6.45) is 0. The first kappa shape index (κ1) is 17.4. The van der Waals surface area contributed by atoms with Crippen molar-refractivity contribution < 1.29 is 4.74 Å². The van der Waals surface area contributed by atoms with Crippen molar-refractivity contribution in [2.75, 3.05) is 0 Å². The van der Waals surface area contributed by atoms with E-state index in [1.165, 1.54) is 11.1 Å². The van der Waals surface area contributed by atoms with Crippen LogP contribution in [0.25, 0.3) is 0 Å². The molecular formula is C20H23N3OS. The molecule has 0 aliphatic heterocycles. The topological polar surface area (TPSA) is 42.8 Å². The molecule has 0 bridgehead atoms. The maximum Gasteiger partial charge on any atom is 0.195 e. The fourth-order valence-corrected chi connectivity index (χ4v) is 3.20. The minimum atomic E-state index is -0.0511. The third-order valence-corrected chi connectivity index (χ3v) is 4.90. The van der Waals surface area contributed by atoms with E-state index in [4.69, 9.17) is 17.0 Å². The van der Waals surface area contributed by atoms with Gasteiger partial charge in [0.15, 0.2) is 10.6 Å². The van der Waals surface area contributed by atoms with Crippen molar-refractivity contribution in [1.29, 1.82) is 0 Å². The summed E-state index contributed by atoms with van der Waals surface area (Å²) in [6, 6.07) is 18.8. The molecule has 0 unspecified atom stereocenters. The van der Waals surface area contributed by atoms with Crippen LogP contribution in [-0.2, 0) is 18.6 Å². The zero-order valence-corrected chi connectivity index (χ0v) is 15.6. The minimum Gasteiger partial charge on any atom is -0.486 e. The molecule has 0 aliphatic rings. The molecule has 0 aliphatic carbocycles. The summed E-state index contributed by atoms with van der Waals surface area (Å²) >= 11 is 5.20. The van der Waals surface area contributed by atoms with Gasteiger partial charge in [-0.2, -0.15) is 5.10 Å². The summed E-state index contributed by atoms with van der Waals surface area (Å²) in [6.45, 7) is 7.67. The molecule has 4 nitrogen and oxygen atoms in total. The smallest absolute Gasteiger partial charge is 0.195 e. The van der Waals surface area contributed by atoms with Crippen molar-refractivity contribution in [2.45, 2.75) is 39.3 Å². The number of H-pyrrole nitrogens is 1. The van der Waals surface area contributed by atoms with Crippen molar-refractivity contribution in [2.24, 2.45) is 0 Å². The molecule has 3 aromatic rings. The van der Waals surface area contributed by atoms with Gasteiger partial charge in [-0.1, -0.05) is 56.3 Å². The fraction of sp³-hybridized carbons (Fsp3) is 0.300. The number of ether oxygens (including phenoxy) is 1. The standard InChI is InChI=1S/C20H23N3OS/c1-4-23-18(21-22-19(23)25)14-24-17-12-10-16(11-13-17)20(2,3)15-8-6-5-7-9-15/h5-13H,4,14H2,1-3H3,(H,22,25). The highest BCUT2D eigenvalue weighted by atomic mass is 32.1. The molecule has 25 heavy (non-hydrogen) atoms. The van der Waals surface area contributed by atoms with E-state index in [0.717, 1.165) is 18.1 Å². The van der Waals surface area contributed by atoms with E-state index in [1.54, 1.807) is 0 Å². The average Bonchev–Trinajstić information content (AvgIpc) is 3.00. The predicted octanol–water partition coefficient (Wildman–Crippen LogP) is 4.87. The lowest BCUT2D eigenvalue weighted by Crippen LogP contribution is -2.18. The van der Waals surface area contributed by atoms with Crippen LogP contribution in [0.3, 0.4) is 0 Å². The van der Waals surface area contributed by atoms with Crippen LogP contribution in [0.2, 0.25) is 0 Å². The second-order valence-electron chi connectivity index (χ2n) is 6.49. The van der Waals surface area contributed by atoms with Gasteiger partial charge >= 0.3 is 0 Å². The van der Waals surface area contributed by atoms with Gasteiger partial charge in [-0.25, -0.2) is 0 Å². The van der Waals surface area contributed by atoms with Gasteiger partial charge in [0, 0.05) is 12.0 Å². The first-order valence-corrected chi connectivity index (χ1v) is 8.86. The summed E-state index contributed by atoms with van der Waals surface area (Å²) in [5, 5.41) is 7.03. The quantitative estimate of drug-likeness (QED) is 0.643. The summed E-state index contributed by atoms with van der Waals surface area (Å²) < 4.78 is 8.43. The van der Waals surface area contributed by atoms with Crippen molar-refractivity contribution in [3.63, 3.8) is 0 Å². The van der Waals surface area contributed by atoms with Gasteiger partial charge in [0.05, 0.1) is 0 Å². The number of hydrogen-bond acceptors (Lipinski definition) is 3. The summed E-state index contributed by atoms with van der Waals surface area (Å²) in [4.78, 5) is 0. The van der Waals surface area contributed by atoms with Crippen LogP contribution in [-0.4, -0.2) is 14.8 Å². The lowest BCUT2D eigenvalue weighted by atomic mass is 9.78. The predicted molar refractivity (Wildman–Crippen MR) is 102 cm³/mol. The Hall–Kier alpha value is -2.40. The molecule has 0 saturated heterocycles. The highest BCUT2D eigenvalue weighted by Crippen LogP contribution is 2.32. The van der Waals surface area contributed by atoms with Crippen LogP contribution < -0.4 is 4.74 Å². The largest absolute Gasteiger partial charge is 0.486 e. The number of nitrogens with zero attached hydrogens (tertiary/aromatic N) is 2. The minimum absolute atomic E-state index is 0.0511. The van der Waals surface area contributed by atoms with Gasteiger partial charge in [-0.3, -0.25) is 5.10 Å². The van der Waals surface area contributed by atoms with Crippen LogP contribution in [0.1, 0.15) is 37.7 Å². The SMILES string of the molecule is CCn1c(COc2ccc(C(C)(C)c3ccccc3)cc2)n[nH]c1=S. The molecule has 0 saturated carbocycles. The Morgan fingerprint density at radius 1 is 1.04 bits per heavy atom. The number of nitrogens with one attached hydrogen (secondary N) is 1. The zero-order chi connectivity index (χ0) is 17.9. The summed E-state index contributed by atoms with van der Waals surface area (Å²) in [5.74, 6) is 1.63. The van der Waals surface area contributed by atoms with Crippen LogP contribution in [0.5, 0.6) is 5.75 Å². The maximum atomic E-state index is 5.87.